The number of anilines is 2. The Labute approximate surface area is 110 Å². The molecule has 0 atom stereocenters. The predicted molar refractivity (Wildman–Crippen MR) is 76.4 cm³/mol. The second kappa shape index (κ2) is 6.03. The minimum absolute atomic E-state index is 0.880. The summed E-state index contributed by atoms with van der Waals surface area (Å²) in [7, 11) is 1.96. The second-order valence-electron chi connectivity index (χ2n) is 4.78. The largest absolute Gasteiger partial charge is 0.373 e. The van der Waals surface area contributed by atoms with Crippen molar-refractivity contribution in [3.63, 3.8) is 0 Å². The van der Waals surface area contributed by atoms with E-state index in [0.29, 0.717) is 0 Å². The summed E-state index contributed by atoms with van der Waals surface area (Å²) in [4.78, 5) is 11.7. The molecule has 0 fully saturated rings. The summed E-state index contributed by atoms with van der Waals surface area (Å²) in [6.07, 6.45) is 6.03. The number of nitrogens with zero attached hydrogens (tertiary/aromatic N) is 3. The molecule has 18 heavy (non-hydrogen) atoms. The zero-order valence-corrected chi connectivity index (χ0v) is 11.8. The van der Waals surface area contributed by atoms with Crippen LogP contribution in [-0.4, -0.2) is 30.1 Å². The molecule has 0 unspecified atom stereocenters. The second-order valence-corrected chi connectivity index (χ2v) is 4.78. The highest BCUT2D eigenvalue weighted by molar-refractivity contribution is 5.51. The smallest absolute Gasteiger partial charge is 0.227 e. The Bertz CT molecular complexity index is 399. The van der Waals surface area contributed by atoms with E-state index in [-0.39, 0.29) is 0 Å². The van der Waals surface area contributed by atoms with Crippen molar-refractivity contribution in [2.75, 3.05) is 30.4 Å². The summed E-state index contributed by atoms with van der Waals surface area (Å²) >= 11 is 0. The Hall–Kier alpha value is -1.32. The van der Waals surface area contributed by atoms with Crippen LogP contribution in [0.4, 0.5) is 11.8 Å². The molecule has 4 heteroatoms. The van der Waals surface area contributed by atoms with Crippen molar-refractivity contribution in [3.05, 3.63) is 11.3 Å². The lowest BCUT2D eigenvalue weighted by Gasteiger charge is -2.21. The third-order valence-electron chi connectivity index (χ3n) is 3.70. The number of aryl methyl sites for hydroxylation is 1. The van der Waals surface area contributed by atoms with Gasteiger partial charge in [-0.15, -0.1) is 0 Å². The molecular weight excluding hydrogens is 224 g/mol. The standard InChI is InChI=1S/C14H24N4/c1-4-18(5-2)14-16-12-10-8-6-7-9-11(12)13(15-3)17-14/h4-10H2,1-3H3,(H,15,16,17). The zero-order chi connectivity index (χ0) is 13.0. The Morgan fingerprint density at radius 2 is 1.78 bits per heavy atom. The van der Waals surface area contributed by atoms with E-state index in [1.807, 2.05) is 7.05 Å². The van der Waals surface area contributed by atoms with Crippen molar-refractivity contribution in [2.24, 2.45) is 0 Å². The molecule has 2 rings (SSSR count). The summed E-state index contributed by atoms with van der Waals surface area (Å²) < 4.78 is 0. The summed E-state index contributed by atoms with van der Waals surface area (Å²) in [6.45, 7) is 6.21. The molecule has 0 amide bonds. The number of nitrogens with one attached hydrogen (secondary N) is 1. The zero-order valence-electron chi connectivity index (χ0n) is 11.8. The molecular formula is C14H24N4. The highest BCUT2D eigenvalue weighted by Gasteiger charge is 2.17. The molecule has 1 heterocycles. The Balaban J connectivity index is 2.42. The highest BCUT2D eigenvalue weighted by atomic mass is 15.3. The van der Waals surface area contributed by atoms with Gasteiger partial charge in [0.15, 0.2) is 0 Å². The number of hydrogen-bond acceptors (Lipinski definition) is 4. The fourth-order valence-electron chi connectivity index (χ4n) is 2.61. The van der Waals surface area contributed by atoms with Crippen LogP contribution in [0.5, 0.6) is 0 Å². The molecule has 0 saturated carbocycles. The van der Waals surface area contributed by atoms with Crippen LogP contribution < -0.4 is 10.2 Å². The SMILES string of the molecule is CCN(CC)c1nc2c(c(NC)n1)CCCCC2. The highest BCUT2D eigenvalue weighted by Crippen LogP contribution is 2.26. The summed E-state index contributed by atoms with van der Waals surface area (Å²) in [5.41, 5.74) is 2.60. The van der Waals surface area contributed by atoms with Crippen LogP contribution in [-0.2, 0) is 12.8 Å². The van der Waals surface area contributed by atoms with Gasteiger partial charge in [0.2, 0.25) is 5.95 Å². The van der Waals surface area contributed by atoms with E-state index in [2.05, 4.69) is 24.1 Å². The fraction of sp³-hybridized carbons (Fsp3) is 0.714. The van der Waals surface area contributed by atoms with Crippen molar-refractivity contribution in [2.45, 2.75) is 46.0 Å². The van der Waals surface area contributed by atoms with Crippen LogP contribution >= 0.6 is 0 Å². The lowest BCUT2D eigenvalue weighted by Crippen LogP contribution is -2.25. The first-order valence-electron chi connectivity index (χ1n) is 7.12. The predicted octanol–water partition coefficient (Wildman–Crippen LogP) is 2.63. The topological polar surface area (TPSA) is 41.1 Å². The van der Waals surface area contributed by atoms with Crippen LogP contribution in [0.3, 0.4) is 0 Å². The van der Waals surface area contributed by atoms with Gasteiger partial charge in [0.05, 0.1) is 5.69 Å². The maximum Gasteiger partial charge on any atom is 0.227 e. The van der Waals surface area contributed by atoms with E-state index in [0.717, 1.165) is 37.7 Å². The summed E-state index contributed by atoms with van der Waals surface area (Å²) in [5, 5.41) is 3.25. The lowest BCUT2D eigenvalue weighted by molar-refractivity contribution is 0.708. The average molecular weight is 248 g/mol. The van der Waals surface area contributed by atoms with E-state index in [4.69, 9.17) is 9.97 Å². The van der Waals surface area contributed by atoms with Crippen LogP contribution in [0.2, 0.25) is 0 Å². The Morgan fingerprint density at radius 1 is 1.06 bits per heavy atom. The Morgan fingerprint density at radius 3 is 2.44 bits per heavy atom. The van der Waals surface area contributed by atoms with Crippen LogP contribution in [0.15, 0.2) is 0 Å². The number of rotatable bonds is 4. The van der Waals surface area contributed by atoms with E-state index in [1.165, 1.54) is 30.5 Å². The quantitative estimate of drug-likeness (QED) is 0.832. The average Bonchev–Trinajstić information content (AvgIpc) is 2.64. The van der Waals surface area contributed by atoms with Gasteiger partial charge in [0.25, 0.3) is 0 Å². The van der Waals surface area contributed by atoms with Crippen LogP contribution in [0, 0.1) is 0 Å². The van der Waals surface area contributed by atoms with Gasteiger partial charge in [0.1, 0.15) is 5.82 Å². The van der Waals surface area contributed by atoms with E-state index < -0.39 is 0 Å². The first kappa shape index (κ1) is 13.1. The van der Waals surface area contributed by atoms with Gasteiger partial charge in [-0.3, -0.25) is 0 Å². The van der Waals surface area contributed by atoms with E-state index in [9.17, 15) is 0 Å². The molecule has 0 aliphatic heterocycles. The maximum absolute atomic E-state index is 4.80. The third kappa shape index (κ3) is 2.57. The van der Waals surface area contributed by atoms with Crippen molar-refractivity contribution < 1.29 is 0 Å². The summed E-state index contributed by atoms with van der Waals surface area (Å²) in [6, 6.07) is 0. The van der Waals surface area contributed by atoms with Gasteiger partial charge in [-0.05, 0) is 39.5 Å². The number of hydrogen-bond donors (Lipinski definition) is 1. The molecule has 4 nitrogen and oxygen atoms in total. The van der Waals surface area contributed by atoms with Crippen LogP contribution in [0.1, 0.15) is 44.4 Å². The van der Waals surface area contributed by atoms with E-state index in [1.54, 1.807) is 0 Å². The molecule has 0 spiro atoms. The Kier molecular flexibility index (Phi) is 4.39. The minimum atomic E-state index is 0.880. The first-order chi connectivity index (χ1) is 8.80. The molecule has 1 aromatic rings. The van der Waals surface area contributed by atoms with Crippen molar-refractivity contribution >= 4 is 11.8 Å². The van der Waals surface area contributed by atoms with Gasteiger partial charge < -0.3 is 10.2 Å². The third-order valence-corrected chi connectivity index (χ3v) is 3.70. The minimum Gasteiger partial charge on any atom is -0.373 e. The molecule has 0 aromatic carbocycles. The molecule has 1 aliphatic rings. The molecule has 1 N–H and O–H groups in total. The van der Waals surface area contributed by atoms with Crippen molar-refractivity contribution in [1.82, 2.24) is 9.97 Å². The van der Waals surface area contributed by atoms with Crippen LogP contribution in [0.25, 0.3) is 0 Å². The first-order valence-corrected chi connectivity index (χ1v) is 7.12. The molecule has 100 valence electrons. The van der Waals surface area contributed by atoms with Crippen molar-refractivity contribution in [3.8, 4) is 0 Å². The number of aromatic nitrogens is 2. The number of fused-ring (bicyclic) bond motifs is 1. The lowest BCUT2D eigenvalue weighted by atomic mass is 10.1. The van der Waals surface area contributed by atoms with Gasteiger partial charge in [-0.2, -0.15) is 4.98 Å². The fourth-order valence-corrected chi connectivity index (χ4v) is 2.61. The normalized spacial score (nSPS) is 14.8. The summed E-state index contributed by atoms with van der Waals surface area (Å²) in [5.74, 6) is 1.91. The van der Waals surface area contributed by atoms with Gasteiger partial charge in [-0.1, -0.05) is 6.42 Å². The van der Waals surface area contributed by atoms with E-state index >= 15 is 0 Å². The molecule has 1 aliphatic carbocycles. The molecule has 0 saturated heterocycles. The molecule has 0 bridgehead atoms. The molecule has 1 aromatic heterocycles. The van der Waals surface area contributed by atoms with Gasteiger partial charge in [-0.25, -0.2) is 4.98 Å². The van der Waals surface area contributed by atoms with Gasteiger partial charge >= 0.3 is 0 Å². The van der Waals surface area contributed by atoms with Gasteiger partial charge in [0, 0.05) is 25.7 Å². The monoisotopic (exact) mass is 248 g/mol. The van der Waals surface area contributed by atoms with Crippen molar-refractivity contribution in [1.29, 1.82) is 0 Å². The maximum atomic E-state index is 4.80. The molecule has 0 radical (unpaired) electrons.